The van der Waals surface area contributed by atoms with Crippen LogP contribution in [0.25, 0.3) is 0 Å². The van der Waals surface area contributed by atoms with Crippen LogP contribution in [-0.2, 0) is 31.1 Å². The van der Waals surface area contributed by atoms with Crippen molar-refractivity contribution >= 4 is 41.0 Å². The normalized spacial score (nSPS) is 25.5. The lowest BCUT2D eigenvalue weighted by Gasteiger charge is -2.29. The fourth-order valence-corrected chi connectivity index (χ4v) is 6.40. The van der Waals surface area contributed by atoms with Crippen LogP contribution in [0.1, 0.15) is 29.5 Å². The number of halogens is 1. The smallest absolute Gasteiger partial charge is 0.303 e. The van der Waals surface area contributed by atoms with Gasteiger partial charge in [-0.1, -0.05) is 23.7 Å². The molecule has 2 unspecified atom stereocenters. The third-order valence-corrected chi connectivity index (χ3v) is 8.05. The Bertz CT molecular complexity index is 1360. The molecular weight excluding hydrogens is 514 g/mol. The minimum Gasteiger partial charge on any atom is -0.493 e. The highest BCUT2D eigenvalue weighted by atomic mass is 35.5. The standard InChI is InChI=1S/C27H28ClN3O7/c1-13-10-15-23(16(28)11-13)29-26(36)27(15)22-21(17(30-27)5-7-20(32)33)24(34)31(25(22)35)9-8-14-4-6-18(37-2)19(12-14)38-3/h4,6,10-12,17,21-22,30H,5,7-9H2,1-3H3,(H,29,36)(H,32,33)/t17?,21-,22+,27?/m1/s1. The molecule has 3 heterocycles. The first kappa shape index (κ1) is 26.0. The van der Waals surface area contributed by atoms with E-state index >= 15 is 0 Å². The monoisotopic (exact) mass is 541 g/mol. The van der Waals surface area contributed by atoms with Crippen molar-refractivity contribution in [1.29, 1.82) is 0 Å². The molecule has 200 valence electrons. The molecule has 2 saturated heterocycles. The first-order chi connectivity index (χ1) is 18.1. The second-order valence-corrected chi connectivity index (χ2v) is 10.3. The summed E-state index contributed by atoms with van der Waals surface area (Å²) >= 11 is 6.44. The number of hydrogen-bond donors (Lipinski definition) is 3. The summed E-state index contributed by atoms with van der Waals surface area (Å²) in [5, 5.41) is 15.7. The highest BCUT2D eigenvalue weighted by Crippen LogP contribution is 2.55. The van der Waals surface area contributed by atoms with Gasteiger partial charge < -0.3 is 19.9 Å². The van der Waals surface area contributed by atoms with Crippen LogP contribution in [0.15, 0.2) is 30.3 Å². The molecule has 4 atom stereocenters. The van der Waals surface area contributed by atoms with Crippen LogP contribution in [0, 0.1) is 18.8 Å². The first-order valence-electron chi connectivity index (χ1n) is 12.3. The van der Waals surface area contributed by atoms with E-state index in [1.54, 1.807) is 24.3 Å². The lowest BCUT2D eigenvalue weighted by atomic mass is 9.76. The number of amides is 3. The van der Waals surface area contributed by atoms with Crippen LogP contribution in [0.5, 0.6) is 11.5 Å². The molecule has 10 nitrogen and oxygen atoms in total. The molecule has 0 radical (unpaired) electrons. The average molecular weight is 542 g/mol. The number of anilines is 1. The van der Waals surface area contributed by atoms with Gasteiger partial charge in [0.15, 0.2) is 11.5 Å². The van der Waals surface area contributed by atoms with Crippen LogP contribution in [0.4, 0.5) is 5.69 Å². The van der Waals surface area contributed by atoms with Gasteiger partial charge in [-0.05, 0) is 49.1 Å². The number of aliphatic carboxylic acids is 1. The Hall–Kier alpha value is -3.63. The van der Waals surface area contributed by atoms with Gasteiger partial charge in [0.2, 0.25) is 17.7 Å². The summed E-state index contributed by atoms with van der Waals surface area (Å²) < 4.78 is 10.6. The number of rotatable bonds is 8. The number of methoxy groups -OCH3 is 2. The van der Waals surface area contributed by atoms with Crippen molar-refractivity contribution < 1.29 is 33.8 Å². The van der Waals surface area contributed by atoms with Crippen molar-refractivity contribution in [3.8, 4) is 11.5 Å². The molecule has 0 aliphatic carbocycles. The van der Waals surface area contributed by atoms with Crippen molar-refractivity contribution in [2.45, 2.75) is 37.8 Å². The summed E-state index contributed by atoms with van der Waals surface area (Å²) in [6, 6.07) is 8.18. The van der Waals surface area contributed by atoms with Crippen LogP contribution < -0.4 is 20.1 Å². The van der Waals surface area contributed by atoms with Gasteiger partial charge in [0.25, 0.3) is 0 Å². The summed E-state index contributed by atoms with van der Waals surface area (Å²) in [6.45, 7) is 1.93. The van der Waals surface area contributed by atoms with Crippen LogP contribution in [-0.4, -0.2) is 60.5 Å². The number of likely N-dealkylation sites (tertiary alicyclic amines) is 1. The van der Waals surface area contributed by atoms with E-state index in [0.29, 0.717) is 34.2 Å². The topological polar surface area (TPSA) is 134 Å². The third kappa shape index (κ3) is 3.90. The molecule has 0 aromatic heterocycles. The molecule has 2 aromatic carbocycles. The minimum absolute atomic E-state index is 0.0863. The Morgan fingerprint density at radius 1 is 1.11 bits per heavy atom. The van der Waals surface area contributed by atoms with Gasteiger partial charge in [0.05, 0.1) is 36.8 Å². The molecule has 3 amide bonds. The number of carboxylic acid groups (broad SMARTS) is 1. The second kappa shape index (κ2) is 9.59. The van der Waals surface area contributed by atoms with Gasteiger partial charge >= 0.3 is 5.97 Å². The van der Waals surface area contributed by atoms with Crippen LogP contribution >= 0.6 is 11.6 Å². The van der Waals surface area contributed by atoms with Crippen molar-refractivity contribution in [2.24, 2.45) is 11.8 Å². The first-order valence-corrected chi connectivity index (χ1v) is 12.7. The number of carbonyl (C=O) groups excluding carboxylic acids is 3. The zero-order valence-electron chi connectivity index (χ0n) is 21.2. The molecule has 11 heteroatoms. The fourth-order valence-electron chi connectivity index (χ4n) is 6.08. The predicted molar refractivity (Wildman–Crippen MR) is 137 cm³/mol. The average Bonchev–Trinajstić information content (AvgIpc) is 3.46. The van der Waals surface area contributed by atoms with Crippen molar-refractivity contribution in [3.63, 3.8) is 0 Å². The Kier molecular flexibility index (Phi) is 6.56. The van der Waals surface area contributed by atoms with E-state index in [2.05, 4.69) is 10.6 Å². The van der Waals surface area contributed by atoms with Gasteiger partial charge in [0.1, 0.15) is 5.54 Å². The highest BCUT2D eigenvalue weighted by molar-refractivity contribution is 6.35. The van der Waals surface area contributed by atoms with E-state index in [4.69, 9.17) is 21.1 Å². The molecule has 2 fully saturated rings. The maximum absolute atomic E-state index is 13.9. The maximum Gasteiger partial charge on any atom is 0.303 e. The number of nitrogens with one attached hydrogen (secondary N) is 2. The number of nitrogens with zero attached hydrogens (tertiary/aromatic N) is 1. The predicted octanol–water partition coefficient (Wildman–Crippen LogP) is 2.49. The zero-order valence-corrected chi connectivity index (χ0v) is 21.9. The van der Waals surface area contributed by atoms with Gasteiger partial charge in [-0.25, -0.2) is 0 Å². The van der Waals surface area contributed by atoms with Crippen LogP contribution in [0.2, 0.25) is 5.02 Å². The summed E-state index contributed by atoms with van der Waals surface area (Å²) in [5.74, 6) is -3.21. The number of aryl methyl sites for hydroxylation is 1. The van der Waals surface area contributed by atoms with E-state index in [-0.39, 0.29) is 19.4 Å². The number of benzene rings is 2. The van der Waals surface area contributed by atoms with Crippen molar-refractivity contribution in [1.82, 2.24) is 10.2 Å². The second-order valence-electron chi connectivity index (χ2n) is 9.89. The lowest BCUT2D eigenvalue weighted by Crippen LogP contribution is -2.53. The maximum atomic E-state index is 13.9. The number of ether oxygens (including phenoxy) is 2. The fraction of sp³-hybridized carbons (Fsp3) is 0.407. The van der Waals surface area contributed by atoms with E-state index in [9.17, 15) is 24.3 Å². The highest BCUT2D eigenvalue weighted by Gasteiger charge is 2.70. The number of imide groups is 1. The lowest BCUT2D eigenvalue weighted by molar-refractivity contribution is -0.143. The van der Waals surface area contributed by atoms with E-state index < -0.39 is 47.1 Å². The molecule has 3 N–H and O–H groups in total. The van der Waals surface area contributed by atoms with E-state index in [0.717, 1.165) is 11.1 Å². The van der Waals surface area contributed by atoms with Gasteiger partial charge in [-0.15, -0.1) is 0 Å². The zero-order chi connectivity index (χ0) is 27.4. The molecule has 0 bridgehead atoms. The largest absolute Gasteiger partial charge is 0.493 e. The number of fused-ring (bicyclic) bond motifs is 4. The molecule has 38 heavy (non-hydrogen) atoms. The van der Waals surface area contributed by atoms with Gasteiger partial charge in [-0.2, -0.15) is 0 Å². The molecule has 1 spiro atoms. The number of carboxylic acids is 1. The minimum atomic E-state index is -1.52. The van der Waals surface area contributed by atoms with Gasteiger partial charge in [0, 0.05) is 24.6 Å². The quantitative estimate of drug-likeness (QED) is 0.434. The summed E-state index contributed by atoms with van der Waals surface area (Å²) in [7, 11) is 3.06. The van der Waals surface area contributed by atoms with E-state index in [1.165, 1.54) is 19.1 Å². The molecule has 5 rings (SSSR count). The molecule has 3 aliphatic rings. The van der Waals surface area contributed by atoms with Crippen molar-refractivity contribution in [2.75, 3.05) is 26.1 Å². The molecule has 0 saturated carbocycles. The Morgan fingerprint density at radius 2 is 1.84 bits per heavy atom. The number of hydrogen-bond acceptors (Lipinski definition) is 7. The van der Waals surface area contributed by atoms with Gasteiger partial charge in [-0.3, -0.25) is 29.4 Å². The summed E-state index contributed by atoms with van der Waals surface area (Å²) in [6.07, 6.45) is 0.237. The SMILES string of the molecule is COc1ccc(CCN2C(=O)[C@@H]3C(CCC(=O)O)NC4(C(=O)Nc5c(Cl)cc(C)cc54)[C@@H]3C2=O)cc1OC. The molecular formula is C27H28ClN3O7. The number of carbonyl (C=O) groups is 4. The molecule has 2 aromatic rings. The Balaban J connectivity index is 1.50. The molecule has 3 aliphatic heterocycles. The van der Waals surface area contributed by atoms with E-state index in [1.807, 2.05) is 13.0 Å². The van der Waals surface area contributed by atoms with Crippen molar-refractivity contribution in [3.05, 3.63) is 52.0 Å². The van der Waals surface area contributed by atoms with Crippen LogP contribution in [0.3, 0.4) is 0 Å². The Labute approximate surface area is 224 Å². The summed E-state index contributed by atoms with van der Waals surface area (Å²) in [5.41, 5.74) is 1.00. The third-order valence-electron chi connectivity index (χ3n) is 7.75. The Morgan fingerprint density at radius 3 is 2.53 bits per heavy atom. The summed E-state index contributed by atoms with van der Waals surface area (Å²) in [4.78, 5) is 53.7.